The van der Waals surface area contributed by atoms with Gasteiger partial charge in [-0.3, -0.25) is 0 Å². The van der Waals surface area contributed by atoms with Crippen LogP contribution in [0.3, 0.4) is 0 Å². The van der Waals surface area contributed by atoms with Gasteiger partial charge in [0.25, 0.3) is 0 Å². The molecular formula is C16H19ClN2O. The molecule has 0 bridgehead atoms. The molecule has 1 atom stereocenters. The third-order valence-electron chi connectivity index (χ3n) is 3.15. The number of aryl methyl sites for hydroxylation is 1. The average molecular weight is 291 g/mol. The SMILES string of the molecule is COc1ccccc1CC(C)Nc1cnc(Cl)c(C)c1. The van der Waals surface area contributed by atoms with Crippen molar-refractivity contribution in [2.75, 3.05) is 12.4 Å². The van der Waals surface area contributed by atoms with Gasteiger partial charge >= 0.3 is 0 Å². The molecule has 0 aliphatic heterocycles. The number of halogens is 1. The summed E-state index contributed by atoms with van der Waals surface area (Å²) in [6.07, 6.45) is 2.64. The van der Waals surface area contributed by atoms with Crippen LogP contribution in [0.1, 0.15) is 18.1 Å². The zero-order valence-corrected chi connectivity index (χ0v) is 12.7. The topological polar surface area (TPSA) is 34.1 Å². The molecule has 0 fully saturated rings. The lowest BCUT2D eigenvalue weighted by Gasteiger charge is -2.17. The molecule has 2 rings (SSSR count). The minimum Gasteiger partial charge on any atom is -0.496 e. The van der Waals surface area contributed by atoms with Crippen molar-refractivity contribution in [2.24, 2.45) is 0 Å². The molecule has 0 saturated heterocycles. The molecule has 3 nitrogen and oxygen atoms in total. The Morgan fingerprint density at radius 2 is 2.10 bits per heavy atom. The molecule has 1 unspecified atom stereocenters. The first-order valence-corrected chi connectivity index (χ1v) is 6.98. The lowest BCUT2D eigenvalue weighted by atomic mass is 10.1. The molecule has 106 valence electrons. The van der Waals surface area contributed by atoms with Gasteiger partial charge in [-0.05, 0) is 43.5 Å². The van der Waals surface area contributed by atoms with Gasteiger partial charge in [0, 0.05) is 6.04 Å². The fourth-order valence-corrected chi connectivity index (χ4v) is 2.28. The number of anilines is 1. The van der Waals surface area contributed by atoms with Crippen molar-refractivity contribution in [3.05, 3.63) is 52.8 Å². The van der Waals surface area contributed by atoms with Crippen LogP contribution in [0, 0.1) is 6.92 Å². The maximum absolute atomic E-state index is 5.93. The molecule has 1 aromatic heterocycles. The quantitative estimate of drug-likeness (QED) is 0.842. The number of nitrogens with one attached hydrogen (secondary N) is 1. The molecule has 0 saturated carbocycles. The molecular weight excluding hydrogens is 272 g/mol. The average Bonchev–Trinajstić information content (AvgIpc) is 2.43. The summed E-state index contributed by atoms with van der Waals surface area (Å²) in [6.45, 7) is 4.09. The Morgan fingerprint density at radius 1 is 1.35 bits per heavy atom. The summed E-state index contributed by atoms with van der Waals surface area (Å²) in [5.41, 5.74) is 3.14. The van der Waals surface area contributed by atoms with Crippen LogP contribution in [0.15, 0.2) is 36.5 Å². The second-order valence-corrected chi connectivity index (χ2v) is 5.25. The van der Waals surface area contributed by atoms with Gasteiger partial charge < -0.3 is 10.1 Å². The first-order chi connectivity index (χ1) is 9.60. The number of hydrogen-bond acceptors (Lipinski definition) is 3. The number of hydrogen-bond donors (Lipinski definition) is 1. The van der Waals surface area contributed by atoms with E-state index in [1.165, 1.54) is 5.56 Å². The van der Waals surface area contributed by atoms with E-state index in [0.717, 1.165) is 23.4 Å². The Morgan fingerprint density at radius 3 is 2.80 bits per heavy atom. The minimum atomic E-state index is 0.272. The fraction of sp³-hybridized carbons (Fsp3) is 0.312. The zero-order valence-electron chi connectivity index (χ0n) is 12.0. The molecule has 20 heavy (non-hydrogen) atoms. The molecule has 0 radical (unpaired) electrons. The normalized spacial score (nSPS) is 12.0. The van der Waals surface area contributed by atoms with E-state index in [1.54, 1.807) is 13.3 Å². The van der Waals surface area contributed by atoms with Gasteiger partial charge in [0.2, 0.25) is 0 Å². The van der Waals surface area contributed by atoms with Crippen LogP contribution in [0.5, 0.6) is 5.75 Å². The van der Waals surface area contributed by atoms with Crippen molar-refractivity contribution in [3.8, 4) is 5.75 Å². The first-order valence-electron chi connectivity index (χ1n) is 6.60. The lowest BCUT2D eigenvalue weighted by molar-refractivity contribution is 0.409. The minimum absolute atomic E-state index is 0.272. The van der Waals surface area contributed by atoms with Crippen LogP contribution < -0.4 is 10.1 Å². The second kappa shape index (κ2) is 6.62. The van der Waals surface area contributed by atoms with Crippen molar-refractivity contribution >= 4 is 17.3 Å². The highest BCUT2D eigenvalue weighted by molar-refractivity contribution is 6.30. The summed E-state index contributed by atoms with van der Waals surface area (Å²) in [4.78, 5) is 4.15. The van der Waals surface area contributed by atoms with Crippen molar-refractivity contribution in [2.45, 2.75) is 26.3 Å². The highest BCUT2D eigenvalue weighted by Crippen LogP contribution is 2.21. The lowest BCUT2D eigenvalue weighted by Crippen LogP contribution is -2.18. The monoisotopic (exact) mass is 290 g/mol. The van der Waals surface area contributed by atoms with Crippen LogP contribution in [0.25, 0.3) is 0 Å². The van der Waals surface area contributed by atoms with Crippen LogP contribution in [-0.2, 0) is 6.42 Å². The van der Waals surface area contributed by atoms with E-state index in [1.807, 2.05) is 31.2 Å². The fourth-order valence-electron chi connectivity index (χ4n) is 2.17. The standard InChI is InChI=1S/C16H19ClN2O/c1-11-8-14(10-18-16(11)17)19-12(2)9-13-6-4-5-7-15(13)20-3/h4-8,10,12,19H,9H2,1-3H3. The van der Waals surface area contributed by atoms with Crippen molar-refractivity contribution in [1.82, 2.24) is 4.98 Å². The highest BCUT2D eigenvalue weighted by Gasteiger charge is 2.08. The molecule has 4 heteroatoms. The first kappa shape index (κ1) is 14.7. The summed E-state index contributed by atoms with van der Waals surface area (Å²) < 4.78 is 5.37. The summed E-state index contributed by atoms with van der Waals surface area (Å²) in [6, 6.07) is 10.4. The molecule has 0 amide bonds. The third-order valence-corrected chi connectivity index (χ3v) is 3.54. The number of methoxy groups -OCH3 is 1. The molecule has 0 aliphatic rings. The van der Waals surface area contributed by atoms with E-state index >= 15 is 0 Å². The predicted octanol–water partition coefficient (Wildman–Crippen LogP) is 4.10. The van der Waals surface area contributed by atoms with Gasteiger partial charge in [-0.2, -0.15) is 0 Å². The van der Waals surface area contributed by atoms with Gasteiger partial charge in [-0.25, -0.2) is 4.98 Å². The molecule has 2 aromatic rings. The van der Waals surface area contributed by atoms with Crippen LogP contribution in [0.4, 0.5) is 5.69 Å². The van der Waals surface area contributed by atoms with E-state index in [2.05, 4.69) is 23.3 Å². The summed E-state index contributed by atoms with van der Waals surface area (Å²) >= 11 is 5.93. The Labute approximate surface area is 124 Å². The van der Waals surface area contributed by atoms with Gasteiger partial charge in [-0.15, -0.1) is 0 Å². The van der Waals surface area contributed by atoms with E-state index in [0.29, 0.717) is 5.15 Å². The van der Waals surface area contributed by atoms with Gasteiger partial charge in [0.1, 0.15) is 10.9 Å². The highest BCUT2D eigenvalue weighted by atomic mass is 35.5. The van der Waals surface area contributed by atoms with Gasteiger partial charge in [-0.1, -0.05) is 29.8 Å². The van der Waals surface area contributed by atoms with Crippen LogP contribution in [0.2, 0.25) is 5.15 Å². The van der Waals surface area contributed by atoms with E-state index in [9.17, 15) is 0 Å². The van der Waals surface area contributed by atoms with Crippen molar-refractivity contribution in [3.63, 3.8) is 0 Å². The summed E-state index contributed by atoms with van der Waals surface area (Å²) in [5, 5.41) is 3.98. The smallest absolute Gasteiger partial charge is 0.132 e. The van der Waals surface area contributed by atoms with E-state index < -0.39 is 0 Å². The zero-order chi connectivity index (χ0) is 14.5. The number of pyridine rings is 1. The summed E-state index contributed by atoms with van der Waals surface area (Å²) in [7, 11) is 1.70. The Hall–Kier alpha value is -1.74. The molecule has 1 N–H and O–H groups in total. The summed E-state index contributed by atoms with van der Waals surface area (Å²) in [5.74, 6) is 0.923. The largest absolute Gasteiger partial charge is 0.496 e. The number of aromatic nitrogens is 1. The van der Waals surface area contributed by atoms with Crippen molar-refractivity contribution in [1.29, 1.82) is 0 Å². The Balaban J connectivity index is 2.05. The van der Waals surface area contributed by atoms with Crippen LogP contribution in [-0.4, -0.2) is 18.1 Å². The third kappa shape index (κ3) is 3.64. The number of nitrogens with zero attached hydrogens (tertiary/aromatic N) is 1. The molecule has 0 aliphatic carbocycles. The van der Waals surface area contributed by atoms with Crippen LogP contribution >= 0.6 is 11.6 Å². The number of para-hydroxylation sites is 1. The molecule has 0 spiro atoms. The van der Waals surface area contributed by atoms with Crippen molar-refractivity contribution < 1.29 is 4.74 Å². The predicted molar refractivity (Wildman–Crippen MR) is 83.8 cm³/mol. The van der Waals surface area contributed by atoms with Gasteiger partial charge in [0.15, 0.2) is 0 Å². The number of benzene rings is 1. The maximum Gasteiger partial charge on any atom is 0.132 e. The molecule has 1 heterocycles. The van der Waals surface area contributed by atoms with Gasteiger partial charge in [0.05, 0.1) is 19.0 Å². The Bertz CT molecular complexity index is 586. The maximum atomic E-state index is 5.93. The van der Waals surface area contributed by atoms with E-state index in [-0.39, 0.29) is 6.04 Å². The number of rotatable bonds is 5. The van der Waals surface area contributed by atoms with E-state index in [4.69, 9.17) is 16.3 Å². The number of ether oxygens (including phenoxy) is 1. The molecule has 1 aromatic carbocycles. The Kier molecular flexibility index (Phi) is 4.85. The second-order valence-electron chi connectivity index (χ2n) is 4.89.